The number of nitrogens with two attached hydrogens (primary N) is 6. The second kappa shape index (κ2) is 21.9. The van der Waals surface area contributed by atoms with Gasteiger partial charge in [0.25, 0.3) is 11.9 Å². The summed E-state index contributed by atoms with van der Waals surface area (Å²) in [6.07, 6.45) is 7.86. The van der Waals surface area contributed by atoms with E-state index in [2.05, 4.69) is 49.0 Å². The van der Waals surface area contributed by atoms with Crippen LogP contribution in [0.3, 0.4) is 0 Å². The second-order valence-corrected chi connectivity index (χ2v) is 14.0. The van der Waals surface area contributed by atoms with Crippen molar-refractivity contribution < 1.29 is 63.5 Å². The molecule has 2 aliphatic rings. The first-order valence-electron chi connectivity index (χ1n) is 19.4. The molecule has 0 amide bonds. The van der Waals surface area contributed by atoms with Crippen molar-refractivity contribution >= 4 is 59.1 Å². The molecule has 22 nitrogen and oxygen atoms in total. The van der Waals surface area contributed by atoms with E-state index in [9.17, 15) is 39.6 Å². The molecule has 0 fully saturated rings. The van der Waals surface area contributed by atoms with Gasteiger partial charge in [0, 0.05) is 77.5 Å². The number of pyridine rings is 2. The quantitative estimate of drug-likeness (QED) is 0.0343. The first kappa shape index (κ1) is 47.4. The average molecular weight is 896 g/mol. The number of aliphatic carboxylic acids is 4. The van der Waals surface area contributed by atoms with Crippen LogP contribution in [0.15, 0.2) is 131 Å². The first-order chi connectivity index (χ1) is 31.5. The zero-order valence-corrected chi connectivity index (χ0v) is 34.5. The fourth-order valence-electron chi connectivity index (χ4n) is 6.29. The van der Waals surface area contributed by atoms with Crippen molar-refractivity contribution in [1.82, 2.24) is 5.32 Å². The van der Waals surface area contributed by atoms with Gasteiger partial charge in [0.05, 0.1) is 35.4 Å². The Bertz CT molecular complexity index is 2640. The lowest BCUT2D eigenvalue weighted by Crippen LogP contribution is -2.84. The molecule has 15 N–H and O–H groups in total. The Morgan fingerprint density at radius 1 is 0.606 bits per heavy atom. The van der Waals surface area contributed by atoms with E-state index in [1.165, 1.54) is 6.20 Å². The number of carbonyl (C=O) groups is 4. The average Bonchev–Trinajstić information content (AvgIpc) is 3.27. The van der Waals surface area contributed by atoms with Crippen molar-refractivity contribution in [2.75, 3.05) is 0 Å². The van der Waals surface area contributed by atoms with E-state index in [-0.39, 0.29) is 42.3 Å². The highest BCUT2D eigenvalue weighted by molar-refractivity contribution is 5.83. The molecular weight excluding hydrogens is 855 g/mol. The molecule has 22 heteroatoms. The second-order valence-electron chi connectivity index (χ2n) is 14.0. The minimum absolute atomic E-state index is 0.0154. The van der Waals surface area contributed by atoms with Gasteiger partial charge in [0.2, 0.25) is 11.4 Å². The topological polar surface area (TPSA) is 398 Å². The molecule has 4 heterocycles. The van der Waals surface area contributed by atoms with Crippen LogP contribution in [0.2, 0.25) is 0 Å². The molecule has 0 radical (unpaired) electrons. The summed E-state index contributed by atoms with van der Waals surface area (Å²) in [4.78, 5) is 58.4. The molecule has 0 saturated heterocycles. The number of benzene rings is 2. The largest absolute Gasteiger partial charge is 0.550 e. The number of carboxylic acids is 4. The van der Waals surface area contributed by atoms with E-state index >= 15 is 0 Å². The van der Waals surface area contributed by atoms with Crippen LogP contribution in [0.5, 0.6) is 0 Å². The fourth-order valence-corrected chi connectivity index (χ4v) is 6.29. The van der Waals surface area contributed by atoms with Crippen molar-refractivity contribution in [3.8, 4) is 35.1 Å². The van der Waals surface area contributed by atoms with Crippen molar-refractivity contribution in [3.63, 3.8) is 0 Å². The molecule has 0 saturated carbocycles. The number of hydrogen-bond donors (Lipinski definition) is 9. The lowest BCUT2D eigenvalue weighted by Gasteiger charge is -2.32. The van der Waals surface area contributed by atoms with Gasteiger partial charge < -0.3 is 84.1 Å². The van der Waals surface area contributed by atoms with E-state index in [1.807, 2.05) is 70.3 Å². The van der Waals surface area contributed by atoms with E-state index < -0.39 is 47.9 Å². The summed E-state index contributed by atoms with van der Waals surface area (Å²) in [7, 11) is 0. The summed E-state index contributed by atoms with van der Waals surface area (Å²) >= 11 is 0. The number of aromatic nitrogens is 2. The first-order valence-corrected chi connectivity index (χ1v) is 19.4. The highest BCUT2D eigenvalue weighted by atomic mass is 16.5. The lowest BCUT2D eigenvalue weighted by molar-refractivity contribution is -0.596. The van der Waals surface area contributed by atoms with E-state index in [0.29, 0.717) is 33.8 Å². The van der Waals surface area contributed by atoms with Gasteiger partial charge in [-0.3, -0.25) is 0 Å². The number of ether oxygens (including phenoxy) is 1. The van der Waals surface area contributed by atoms with Gasteiger partial charge in [-0.15, -0.1) is 9.98 Å². The molecule has 4 aromatic rings. The number of carbonyl (C=O) groups excluding carboxylic acids is 4. The van der Waals surface area contributed by atoms with Crippen LogP contribution >= 0.6 is 0 Å². The molecule has 0 bridgehead atoms. The SMILES string of the molecule is NC(=Nc1ccc(-[n+]2ccccc2)c(C#CC2=CN[C@H](C(=O)[O-])[C@H](C(=O)[O-])C2)c1)[NH+]=C(N)N.NC(=Nc1ccc(-[n+]2ccccc2)c(C#CC2=CO[C@H](C(=O)[O-])[C@H](C(=O)[O-])C2)c1)[NH+]=C(N)N. The highest BCUT2D eigenvalue weighted by Crippen LogP contribution is 2.25. The molecule has 0 unspecified atom stereocenters. The van der Waals surface area contributed by atoms with E-state index in [1.54, 1.807) is 36.4 Å². The van der Waals surface area contributed by atoms with Crippen molar-refractivity contribution in [2.24, 2.45) is 56.2 Å². The Hall–Kier alpha value is -9.70. The summed E-state index contributed by atoms with van der Waals surface area (Å²) in [6.45, 7) is 0. The summed E-state index contributed by atoms with van der Waals surface area (Å²) in [5.74, 6) is 2.46. The van der Waals surface area contributed by atoms with Crippen LogP contribution < -0.4 is 79.3 Å². The molecule has 2 aliphatic heterocycles. The maximum absolute atomic E-state index is 11.4. The van der Waals surface area contributed by atoms with Gasteiger partial charge in [0.15, 0.2) is 24.8 Å². The van der Waals surface area contributed by atoms with Gasteiger partial charge in [-0.2, -0.15) is 9.13 Å². The van der Waals surface area contributed by atoms with Gasteiger partial charge in [-0.25, -0.2) is 9.98 Å². The zero-order valence-electron chi connectivity index (χ0n) is 34.5. The minimum Gasteiger partial charge on any atom is -0.550 e. The van der Waals surface area contributed by atoms with Gasteiger partial charge in [-0.05, 0) is 37.1 Å². The number of rotatable bonds is 8. The minimum atomic E-state index is -1.64. The Labute approximate surface area is 375 Å². The van der Waals surface area contributed by atoms with Crippen LogP contribution in [-0.2, 0) is 23.9 Å². The predicted octanol–water partition coefficient (Wildman–Crippen LogP) is -9.62. The number of allylic oxidation sites excluding steroid dienone is 2. The molecule has 2 aromatic carbocycles. The van der Waals surface area contributed by atoms with Crippen molar-refractivity contribution in [1.29, 1.82) is 0 Å². The Kier molecular flexibility index (Phi) is 15.7. The lowest BCUT2D eigenvalue weighted by atomic mass is 9.89. The molecule has 2 aromatic heterocycles. The number of aliphatic imine (C=N–C) groups is 2. The number of nitrogens with one attached hydrogen (secondary N) is 3. The maximum atomic E-state index is 11.4. The standard InChI is InChI=1S/C22H21N7O4.C22H20N6O5/c23-21(24)28-22(25)27-15-6-7-17(29-8-2-1-3-9-29)14(11-15)5-4-13-10-16(19(30)31)18(20(32)33)26-12-13;23-21(24)27-22(25)26-15-6-7-17(28-8-2-1-3-9-28)14(11-15)5-4-13-10-16(19(29)30)18(20(31)32)33-12-13/h1-3,6-9,11-12,16,18,26H,10H2,(H7-,23,24,25,27,28,30,31,32,33);1-3,6-9,11-12,16,18H,10H2,(H7-,23,24,25,26,27,29,30,31,32)/t2*16-,18+/m11/s1. The number of hydrogen-bond acceptors (Lipinski definition) is 12. The molecular formula is C44H41N13O9. The van der Waals surface area contributed by atoms with Crippen LogP contribution in [0.1, 0.15) is 24.0 Å². The number of carboxylic acid groups (broad SMARTS) is 4. The zero-order chi connectivity index (χ0) is 47.9. The van der Waals surface area contributed by atoms with Gasteiger partial charge in [-0.1, -0.05) is 35.8 Å². The Balaban J connectivity index is 0.000000247. The molecule has 0 spiro atoms. The van der Waals surface area contributed by atoms with Crippen LogP contribution in [0.4, 0.5) is 11.4 Å². The van der Waals surface area contributed by atoms with Crippen LogP contribution in [-0.4, -0.2) is 59.9 Å². The van der Waals surface area contributed by atoms with Gasteiger partial charge >= 0.3 is 11.9 Å². The predicted molar refractivity (Wildman–Crippen MR) is 225 cm³/mol. The number of nitrogens with zero attached hydrogens (tertiary/aromatic N) is 4. The van der Waals surface area contributed by atoms with Crippen molar-refractivity contribution in [2.45, 2.75) is 25.0 Å². The summed E-state index contributed by atoms with van der Waals surface area (Å²) in [5, 5.41) is 47.5. The van der Waals surface area contributed by atoms with Crippen LogP contribution in [0.25, 0.3) is 11.4 Å². The molecule has 336 valence electrons. The normalized spacial score (nSPS) is 17.6. The monoisotopic (exact) mass is 895 g/mol. The van der Waals surface area contributed by atoms with E-state index in [0.717, 1.165) is 11.9 Å². The third-order valence-electron chi connectivity index (χ3n) is 9.24. The highest BCUT2D eigenvalue weighted by Gasteiger charge is 2.30. The third kappa shape index (κ3) is 13.2. The smallest absolute Gasteiger partial charge is 0.316 e. The summed E-state index contributed by atoms with van der Waals surface area (Å²) < 4.78 is 8.68. The number of guanidine groups is 4. The maximum Gasteiger partial charge on any atom is 0.316 e. The van der Waals surface area contributed by atoms with Gasteiger partial charge in [0.1, 0.15) is 17.5 Å². The fraction of sp³-hybridized carbons (Fsp3) is 0.136. The summed E-state index contributed by atoms with van der Waals surface area (Å²) in [6, 6.07) is 20.0. The van der Waals surface area contributed by atoms with E-state index in [4.69, 9.17) is 39.1 Å². The third-order valence-corrected chi connectivity index (χ3v) is 9.24. The molecule has 6 rings (SSSR count). The van der Waals surface area contributed by atoms with Crippen molar-refractivity contribution in [3.05, 3.63) is 132 Å². The molecule has 66 heavy (non-hydrogen) atoms. The molecule has 0 aliphatic carbocycles. The molecule has 4 atom stereocenters. The summed E-state index contributed by atoms with van der Waals surface area (Å²) in [5.41, 5.74) is 37.1. The van der Waals surface area contributed by atoms with Crippen LogP contribution in [0, 0.1) is 35.5 Å². The Morgan fingerprint density at radius 3 is 1.48 bits per heavy atom. The Morgan fingerprint density at radius 2 is 1.06 bits per heavy atom.